The van der Waals surface area contributed by atoms with Gasteiger partial charge in [0, 0.05) is 6.54 Å². The molecule has 0 atom stereocenters. The van der Waals surface area contributed by atoms with Crippen LogP contribution < -0.4 is 11.1 Å². The van der Waals surface area contributed by atoms with E-state index in [0.29, 0.717) is 10.8 Å². The molecule has 1 aromatic carbocycles. The van der Waals surface area contributed by atoms with E-state index in [4.69, 9.17) is 10.2 Å². The molecule has 2 rings (SSSR count). The monoisotopic (exact) mass is 307 g/mol. The molecule has 21 heavy (non-hydrogen) atoms. The second-order valence-electron chi connectivity index (χ2n) is 5.26. The molecule has 1 aromatic heterocycles. The Balaban J connectivity index is 1.85. The second kappa shape index (κ2) is 6.17. The smallest absolute Gasteiger partial charge is 0.257 e. The highest BCUT2D eigenvalue weighted by Crippen LogP contribution is 2.22. The number of nitrogens with one attached hydrogen (secondary N) is 1. The van der Waals surface area contributed by atoms with E-state index in [0.717, 1.165) is 5.52 Å². The predicted octanol–water partition coefficient (Wildman–Crippen LogP) is 1.55. The molecule has 0 spiro atoms. The van der Waals surface area contributed by atoms with Gasteiger partial charge in [-0.2, -0.15) is 0 Å². The van der Waals surface area contributed by atoms with Gasteiger partial charge in [0.15, 0.2) is 5.58 Å². The molecule has 0 aliphatic heterocycles. The van der Waals surface area contributed by atoms with E-state index in [1.54, 1.807) is 13.8 Å². The molecule has 0 saturated heterocycles. The number of carbonyl (C=O) groups excluding carboxylic acids is 2. The van der Waals surface area contributed by atoms with E-state index >= 15 is 0 Å². The van der Waals surface area contributed by atoms with E-state index in [1.165, 1.54) is 11.8 Å². The van der Waals surface area contributed by atoms with Gasteiger partial charge in [0.2, 0.25) is 11.8 Å². The number of fused-ring (bicyclic) bond motifs is 1. The summed E-state index contributed by atoms with van der Waals surface area (Å²) in [5.74, 6) is -0.479. The fourth-order valence-electron chi connectivity index (χ4n) is 1.50. The van der Waals surface area contributed by atoms with Gasteiger partial charge in [-0.15, -0.1) is 0 Å². The average molecular weight is 307 g/mol. The zero-order valence-corrected chi connectivity index (χ0v) is 12.7. The summed E-state index contributed by atoms with van der Waals surface area (Å²) in [6.07, 6.45) is 0. The molecule has 3 N–H and O–H groups in total. The van der Waals surface area contributed by atoms with Crippen molar-refractivity contribution < 1.29 is 14.0 Å². The summed E-state index contributed by atoms with van der Waals surface area (Å²) >= 11 is 1.21. The Bertz CT molecular complexity index is 633. The molecule has 0 unspecified atom stereocenters. The van der Waals surface area contributed by atoms with Gasteiger partial charge in [-0.25, -0.2) is 4.98 Å². The van der Waals surface area contributed by atoms with E-state index in [-0.39, 0.29) is 18.2 Å². The molecule has 0 fully saturated rings. The Labute approximate surface area is 126 Å². The second-order valence-corrected chi connectivity index (χ2v) is 6.19. The third-order valence-electron chi connectivity index (χ3n) is 3.00. The molecule has 6 nitrogen and oxygen atoms in total. The van der Waals surface area contributed by atoms with Crippen LogP contribution in [0.25, 0.3) is 11.1 Å². The number of nitrogens with two attached hydrogens (primary N) is 1. The molecule has 7 heteroatoms. The van der Waals surface area contributed by atoms with E-state index in [1.807, 2.05) is 24.3 Å². The van der Waals surface area contributed by atoms with Gasteiger partial charge in [-0.3, -0.25) is 9.59 Å². The normalized spacial score (nSPS) is 11.5. The number of thioether (sulfide) groups is 1. The lowest BCUT2D eigenvalue weighted by Gasteiger charge is -2.20. The zero-order valence-electron chi connectivity index (χ0n) is 11.9. The zero-order chi connectivity index (χ0) is 15.5. The number of hydrogen-bond donors (Lipinski definition) is 2. The number of oxazole rings is 1. The number of amides is 2. The number of benzene rings is 1. The maximum Gasteiger partial charge on any atom is 0.257 e. The van der Waals surface area contributed by atoms with Crippen molar-refractivity contribution in [2.75, 3.05) is 12.3 Å². The van der Waals surface area contributed by atoms with E-state index in [9.17, 15) is 9.59 Å². The van der Waals surface area contributed by atoms with Gasteiger partial charge >= 0.3 is 0 Å². The first-order chi connectivity index (χ1) is 9.88. The molecule has 0 saturated carbocycles. The first kappa shape index (κ1) is 15.4. The Hall–Kier alpha value is -2.02. The van der Waals surface area contributed by atoms with Crippen LogP contribution >= 0.6 is 11.8 Å². The number of carbonyl (C=O) groups is 2. The number of aromatic nitrogens is 1. The van der Waals surface area contributed by atoms with Crippen LogP contribution in [0.4, 0.5) is 0 Å². The Kier molecular flexibility index (Phi) is 4.52. The van der Waals surface area contributed by atoms with Crippen LogP contribution in [0.3, 0.4) is 0 Å². The predicted molar refractivity (Wildman–Crippen MR) is 80.7 cm³/mol. The van der Waals surface area contributed by atoms with E-state index in [2.05, 4.69) is 10.3 Å². The van der Waals surface area contributed by atoms with Crippen LogP contribution in [0, 0.1) is 5.41 Å². The molecule has 0 aliphatic rings. The van der Waals surface area contributed by atoms with Crippen molar-refractivity contribution in [2.24, 2.45) is 11.1 Å². The maximum absolute atomic E-state index is 11.7. The van der Waals surface area contributed by atoms with Crippen LogP contribution in [0.5, 0.6) is 0 Å². The highest BCUT2D eigenvalue weighted by atomic mass is 32.2. The van der Waals surface area contributed by atoms with Gasteiger partial charge in [-0.1, -0.05) is 23.9 Å². The summed E-state index contributed by atoms with van der Waals surface area (Å²) in [5.41, 5.74) is 5.93. The summed E-state index contributed by atoms with van der Waals surface area (Å²) in [4.78, 5) is 27.2. The summed E-state index contributed by atoms with van der Waals surface area (Å²) in [7, 11) is 0. The van der Waals surface area contributed by atoms with Gasteiger partial charge < -0.3 is 15.5 Å². The molecule has 1 heterocycles. The summed E-state index contributed by atoms with van der Waals surface area (Å²) in [5, 5.41) is 3.12. The van der Waals surface area contributed by atoms with Gasteiger partial charge in [0.25, 0.3) is 5.22 Å². The number of rotatable bonds is 6. The highest BCUT2D eigenvalue weighted by Gasteiger charge is 2.25. The molecular formula is C14H17N3O3S. The Morgan fingerprint density at radius 3 is 2.76 bits per heavy atom. The summed E-state index contributed by atoms with van der Waals surface area (Å²) in [6, 6.07) is 7.40. The third-order valence-corrected chi connectivity index (χ3v) is 3.82. The lowest BCUT2D eigenvalue weighted by atomic mass is 9.93. The standard InChI is InChI=1S/C14H17N3O3S/c1-14(2,12(15)19)8-16-11(18)7-21-13-17-9-5-3-4-6-10(9)20-13/h3-6H,7-8H2,1-2H3,(H2,15,19)(H,16,18). The molecule has 112 valence electrons. The molecule has 0 radical (unpaired) electrons. The lowest BCUT2D eigenvalue weighted by molar-refractivity contribution is -0.126. The maximum atomic E-state index is 11.7. The van der Waals surface area contributed by atoms with Crippen molar-refractivity contribution >= 4 is 34.7 Å². The van der Waals surface area contributed by atoms with Crippen molar-refractivity contribution in [3.63, 3.8) is 0 Å². The van der Waals surface area contributed by atoms with E-state index < -0.39 is 11.3 Å². The minimum Gasteiger partial charge on any atom is -0.431 e. The van der Waals surface area contributed by atoms with Crippen molar-refractivity contribution in [3.05, 3.63) is 24.3 Å². The Morgan fingerprint density at radius 1 is 1.38 bits per heavy atom. The molecule has 0 aliphatic carbocycles. The van der Waals surface area contributed by atoms with Crippen molar-refractivity contribution in [1.82, 2.24) is 10.3 Å². The minimum atomic E-state index is -0.766. The fourth-order valence-corrected chi connectivity index (χ4v) is 2.17. The van der Waals surface area contributed by atoms with Crippen LogP contribution in [0.15, 0.2) is 33.9 Å². The molecule has 2 aromatic rings. The largest absolute Gasteiger partial charge is 0.431 e. The molecule has 0 bridgehead atoms. The first-order valence-electron chi connectivity index (χ1n) is 6.43. The first-order valence-corrected chi connectivity index (χ1v) is 7.42. The van der Waals surface area contributed by atoms with Gasteiger partial charge in [0.1, 0.15) is 5.52 Å². The fraction of sp³-hybridized carbons (Fsp3) is 0.357. The Morgan fingerprint density at radius 2 is 2.10 bits per heavy atom. The topological polar surface area (TPSA) is 98.2 Å². The van der Waals surface area contributed by atoms with Crippen molar-refractivity contribution in [2.45, 2.75) is 19.1 Å². The molecular weight excluding hydrogens is 290 g/mol. The lowest BCUT2D eigenvalue weighted by Crippen LogP contribution is -2.42. The molecule has 2 amide bonds. The van der Waals surface area contributed by atoms with Crippen molar-refractivity contribution in [3.8, 4) is 0 Å². The number of primary amides is 1. The highest BCUT2D eigenvalue weighted by molar-refractivity contribution is 7.99. The van der Waals surface area contributed by atoms with Crippen molar-refractivity contribution in [1.29, 1.82) is 0 Å². The average Bonchev–Trinajstić information content (AvgIpc) is 2.85. The van der Waals surface area contributed by atoms with Crippen LogP contribution in [-0.4, -0.2) is 29.1 Å². The van der Waals surface area contributed by atoms with Crippen LogP contribution in [-0.2, 0) is 9.59 Å². The number of nitrogens with zero attached hydrogens (tertiary/aromatic N) is 1. The summed E-state index contributed by atoms with van der Waals surface area (Å²) in [6.45, 7) is 3.57. The van der Waals surface area contributed by atoms with Gasteiger partial charge in [0.05, 0.1) is 11.2 Å². The SMILES string of the molecule is CC(C)(CNC(=O)CSc1nc2ccccc2o1)C(N)=O. The number of hydrogen-bond acceptors (Lipinski definition) is 5. The third kappa shape index (κ3) is 3.98. The summed E-state index contributed by atoms with van der Waals surface area (Å²) < 4.78 is 5.50. The quantitative estimate of drug-likeness (QED) is 0.789. The number of para-hydroxylation sites is 2. The minimum absolute atomic E-state index is 0.168. The van der Waals surface area contributed by atoms with Gasteiger partial charge in [-0.05, 0) is 26.0 Å². The van der Waals surface area contributed by atoms with Crippen LogP contribution in [0.1, 0.15) is 13.8 Å². The van der Waals surface area contributed by atoms with Crippen LogP contribution in [0.2, 0.25) is 0 Å².